The average molecular weight is 251 g/mol. The lowest BCUT2D eigenvalue weighted by Gasteiger charge is -2.14. The summed E-state index contributed by atoms with van der Waals surface area (Å²) in [4.78, 5) is 17.4. The molecule has 1 amide bonds. The van der Waals surface area contributed by atoms with Crippen LogP contribution in [0.4, 0.5) is 0 Å². The van der Waals surface area contributed by atoms with E-state index < -0.39 is 0 Å². The molecule has 0 spiro atoms. The quantitative estimate of drug-likeness (QED) is 0.801. The van der Waals surface area contributed by atoms with Gasteiger partial charge in [-0.3, -0.25) is 9.69 Å². The molecule has 0 bridgehead atoms. The summed E-state index contributed by atoms with van der Waals surface area (Å²) < 4.78 is 5.03. The van der Waals surface area contributed by atoms with Crippen LogP contribution in [-0.4, -0.2) is 34.1 Å². The highest BCUT2D eigenvalue weighted by Gasteiger charge is 2.31. The SMILES string of the molecule is COc1cc(CN2C(=O)[C@@H](C)NC2=S)ccn1. The summed E-state index contributed by atoms with van der Waals surface area (Å²) in [6.45, 7) is 2.23. The summed E-state index contributed by atoms with van der Waals surface area (Å²) in [5.74, 6) is 0.520. The molecule has 90 valence electrons. The number of nitrogens with one attached hydrogen (secondary N) is 1. The number of aromatic nitrogens is 1. The first kappa shape index (κ1) is 11.8. The second-order valence-electron chi connectivity index (χ2n) is 3.80. The van der Waals surface area contributed by atoms with E-state index in [1.807, 2.05) is 6.07 Å². The lowest BCUT2D eigenvalue weighted by molar-refractivity contribution is -0.127. The third-order valence-electron chi connectivity index (χ3n) is 2.57. The van der Waals surface area contributed by atoms with Gasteiger partial charge >= 0.3 is 0 Å². The molecule has 17 heavy (non-hydrogen) atoms. The molecule has 0 radical (unpaired) electrons. The van der Waals surface area contributed by atoms with Crippen LogP contribution in [0.3, 0.4) is 0 Å². The second kappa shape index (κ2) is 4.67. The summed E-state index contributed by atoms with van der Waals surface area (Å²) in [6, 6.07) is 3.38. The van der Waals surface area contributed by atoms with Crippen molar-refractivity contribution < 1.29 is 9.53 Å². The van der Waals surface area contributed by atoms with Crippen molar-refractivity contribution in [3.05, 3.63) is 23.9 Å². The Morgan fingerprint density at radius 1 is 1.65 bits per heavy atom. The van der Waals surface area contributed by atoms with Crippen molar-refractivity contribution in [2.24, 2.45) is 0 Å². The summed E-state index contributed by atoms with van der Waals surface area (Å²) >= 11 is 5.10. The second-order valence-corrected chi connectivity index (χ2v) is 4.19. The molecule has 1 aromatic heterocycles. The van der Waals surface area contributed by atoms with Crippen LogP contribution in [0, 0.1) is 0 Å². The van der Waals surface area contributed by atoms with E-state index in [-0.39, 0.29) is 11.9 Å². The van der Waals surface area contributed by atoms with Gasteiger partial charge in [0.15, 0.2) is 5.11 Å². The monoisotopic (exact) mass is 251 g/mol. The topological polar surface area (TPSA) is 54.5 Å². The Hall–Kier alpha value is -1.69. The van der Waals surface area contributed by atoms with E-state index >= 15 is 0 Å². The van der Waals surface area contributed by atoms with Crippen molar-refractivity contribution in [1.82, 2.24) is 15.2 Å². The van der Waals surface area contributed by atoms with Gasteiger partial charge in [0.1, 0.15) is 6.04 Å². The molecular formula is C11H13N3O2S. The number of thiocarbonyl (C=S) groups is 1. The molecule has 0 unspecified atom stereocenters. The lowest BCUT2D eigenvalue weighted by atomic mass is 10.2. The number of methoxy groups -OCH3 is 1. The summed E-state index contributed by atoms with van der Waals surface area (Å²) in [5.41, 5.74) is 0.934. The molecule has 0 aliphatic carbocycles. The van der Waals surface area contributed by atoms with Gasteiger partial charge in [-0.1, -0.05) is 0 Å². The minimum atomic E-state index is -0.244. The fraction of sp³-hybridized carbons (Fsp3) is 0.364. The molecule has 2 rings (SSSR count). The Kier molecular flexibility index (Phi) is 3.23. The molecule has 1 saturated heterocycles. The first-order valence-corrected chi connectivity index (χ1v) is 5.63. The van der Waals surface area contributed by atoms with Gasteiger partial charge in [-0.2, -0.15) is 0 Å². The van der Waals surface area contributed by atoms with Crippen LogP contribution in [0.5, 0.6) is 5.88 Å². The number of carbonyl (C=O) groups is 1. The van der Waals surface area contributed by atoms with Crippen molar-refractivity contribution in [1.29, 1.82) is 0 Å². The third kappa shape index (κ3) is 2.36. The Morgan fingerprint density at radius 2 is 2.41 bits per heavy atom. The standard InChI is InChI=1S/C11H13N3O2S/c1-7-10(15)14(11(17)13-7)6-8-3-4-12-9(5-8)16-2/h3-5,7H,6H2,1-2H3,(H,13,17)/t7-/m1/s1. The van der Waals surface area contributed by atoms with E-state index in [0.717, 1.165) is 5.56 Å². The van der Waals surface area contributed by atoms with Gasteiger partial charge in [-0.15, -0.1) is 0 Å². The molecule has 1 aromatic rings. The normalized spacial score (nSPS) is 19.4. The van der Waals surface area contributed by atoms with Gasteiger partial charge in [0.25, 0.3) is 5.91 Å². The van der Waals surface area contributed by atoms with Gasteiger partial charge in [-0.05, 0) is 30.8 Å². The van der Waals surface area contributed by atoms with E-state index in [9.17, 15) is 4.79 Å². The van der Waals surface area contributed by atoms with Gasteiger partial charge < -0.3 is 10.1 Å². The molecule has 1 atom stereocenters. The van der Waals surface area contributed by atoms with Crippen molar-refractivity contribution in [2.45, 2.75) is 19.5 Å². The summed E-state index contributed by atoms with van der Waals surface area (Å²) in [7, 11) is 1.56. The van der Waals surface area contributed by atoms with Gasteiger partial charge in [0, 0.05) is 12.3 Å². The van der Waals surface area contributed by atoms with Gasteiger partial charge in [0.05, 0.1) is 13.7 Å². The number of ether oxygens (including phenoxy) is 1. The number of rotatable bonds is 3. The smallest absolute Gasteiger partial charge is 0.251 e. The molecule has 0 saturated carbocycles. The maximum atomic E-state index is 11.8. The van der Waals surface area contributed by atoms with Crippen LogP contribution < -0.4 is 10.1 Å². The van der Waals surface area contributed by atoms with E-state index in [1.165, 1.54) is 0 Å². The fourth-order valence-electron chi connectivity index (χ4n) is 1.65. The number of pyridine rings is 1. The Labute approximate surface area is 105 Å². The zero-order valence-electron chi connectivity index (χ0n) is 9.64. The molecule has 2 heterocycles. The minimum absolute atomic E-state index is 0.00854. The van der Waals surface area contributed by atoms with Crippen molar-refractivity contribution in [3.8, 4) is 5.88 Å². The molecule has 5 nitrogen and oxygen atoms in total. The van der Waals surface area contributed by atoms with Crippen LogP contribution in [0.2, 0.25) is 0 Å². The molecule has 1 aliphatic rings. The first-order valence-electron chi connectivity index (χ1n) is 5.22. The van der Waals surface area contributed by atoms with Gasteiger partial charge in [-0.25, -0.2) is 4.98 Å². The highest BCUT2D eigenvalue weighted by Crippen LogP contribution is 2.14. The van der Waals surface area contributed by atoms with E-state index in [1.54, 1.807) is 31.2 Å². The van der Waals surface area contributed by atoms with E-state index in [4.69, 9.17) is 17.0 Å². The largest absolute Gasteiger partial charge is 0.481 e. The summed E-state index contributed by atoms with van der Waals surface area (Å²) in [5, 5.41) is 3.40. The molecule has 1 fully saturated rings. The number of hydrogen-bond donors (Lipinski definition) is 1. The zero-order valence-corrected chi connectivity index (χ0v) is 10.5. The minimum Gasteiger partial charge on any atom is -0.481 e. The maximum absolute atomic E-state index is 11.8. The van der Waals surface area contributed by atoms with Crippen molar-refractivity contribution in [3.63, 3.8) is 0 Å². The predicted octanol–water partition coefficient (Wildman–Crippen LogP) is 0.695. The molecule has 6 heteroatoms. The Balaban J connectivity index is 2.15. The fourth-order valence-corrected chi connectivity index (χ4v) is 1.98. The van der Waals surface area contributed by atoms with Crippen LogP contribution in [0.15, 0.2) is 18.3 Å². The Bertz CT molecular complexity index is 464. The molecule has 1 N–H and O–H groups in total. The Morgan fingerprint density at radius 3 is 3.00 bits per heavy atom. The number of carbonyl (C=O) groups excluding carboxylic acids is 1. The van der Waals surface area contributed by atoms with Crippen molar-refractivity contribution >= 4 is 23.2 Å². The van der Waals surface area contributed by atoms with E-state index in [0.29, 0.717) is 17.5 Å². The van der Waals surface area contributed by atoms with Crippen LogP contribution in [0.1, 0.15) is 12.5 Å². The van der Waals surface area contributed by atoms with E-state index in [2.05, 4.69) is 10.3 Å². The number of nitrogens with zero attached hydrogens (tertiary/aromatic N) is 2. The lowest BCUT2D eigenvalue weighted by Crippen LogP contribution is -2.30. The summed E-state index contributed by atoms with van der Waals surface area (Å²) in [6.07, 6.45) is 1.65. The van der Waals surface area contributed by atoms with Crippen LogP contribution in [0.25, 0.3) is 0 Å². The van der Waals surface area contributed by atoms with Crippen molar-refractivity contribution in [2.75, 3.05) is 7.11 Å². The average Bonchev–Trinajstić information content (AvgIpc) is 2.56. The maximum Gasteiger partial charge on any atom is 0.251 e. The van der Waals surface area contributed by atoms with Crippen LogP contribution in [-0.2, 0) is 11.3 Å². The highest BCUT2D eigenvalue weighted by molar-refractivity contribution is 7.80. The molecule has 0 aromatic carbocycles. The first-order chi connectivity index (χ1) is 8.11. The van der Waals surface area contributed by atoms with Gasteiger partial charge in [0.2, 0.25) is 5.88 Å². The molecule has 1 aliphatic heterocycles. The third-order valence-corrected chi connectivity index (χ3v) is 2.91. The van der Waals surface area contributed by atoms with Crippen LogP contribution >= 0.6 is 12.2 Å². The number of amides is 1. The number of hydrogen-bond acceptors (Lipinski definition) is 4. The molecular weight excluding hydrogens is 238 g/mol. The zero-order chi connectivity index (χ0) is 12.4. The predicted molar refractivity (Wildman–Crippen MR) is 66.5 cm³/mol. The highest BCUT2D eigenvalue weighted by atomic mass is 32.1.